The zero-order valence-corrected chi connectivity index (χ0v) is 20.3. The molecule has 1 rings (SSSR count). The summed E-state index contributed by atoms with van der Waals surface area (Å²) < 4.78 is 0. The molecule has 0 bridgehead atoms. The molecule has 3 heteroatoms. The Bertz CT molecular complexity index is 415. The van der Waals surface area contributed by atoms with Crippen molar-refractivity contribution in [3.05, 3.63) is 0 Å². The fraction of sp³-hybridized carbons (Fsp3) is 0.926. The number of nitrogens with zero attached hydrogens (tertiary/aromatic N) is 1. The normalized spacial score (nSPS) is 16.6. The summed E-state index contributed by atoms with van der Waals surface area (Å²) in [6.07, 6.45) is 24.1. The second-order valence-corrected chi connectivity index (χ2v) is 9.89. The first kappa shape index (κ1) is 27.3. The van der Waals surface area contributed by atoms with Gasteiger partial charge in [0, 0.05) is 18.8 Å². The van der Waals surface area contributed by atoms with Crippen LogP contribution in [0.3, 0.4) is 0 Å². The molecule has 1 heterocycles. The van der Waals surface area contributed by atoms with Crippen LogP contribution in [0.1, 0.15) is 129 Å². The number of piperidine rings is 1. The van der Waals surface area contributed by atoms with Gasteiger partial charge < -0.3 is 9.69 Å². The molecule has 30 heavy (non-hydrogen) atoms. The lowest BCUT2D eigenvalue weighted by atomic mass is 9.84. The van der Waals surface area contributed by atoms with Crippen LogP contribution in [0.4, 0.5) is 0 Å². The molecule has 176 valence electrons. The fourth-order valence-corrected chi connectivity index (χ4v) is 4.89. The van der Waals surface area contributed by atoms with Gasteiger partial charge in [-0.3, -0.25) is 4.79 Å². The summed E-state index contributed by atoms with van der Waals surface area (Å²) in [5, 5.41) is 0. The maximum atomic E-state index is 12.9. The SMILES string of the molecule is CCCCCCCCCC(CCCCCCCCC=O)CC(=O)C1CCN(C)CC1. The first-order valence-electron chi connectivity index (χ1n) is 13.3. The Morgan fingerprint density at radius 1 is 0.833 bits per heavy atom. The largest absolute Gasteiger partial charge is 0.306 e. The van der Waals surface area contributed by atoms with E-state index in [9.17, 15) is 9.59 Å². The molecular formula is C27H51NO2. The number of ketones is 1. The van der Waals surface area contributed by atoms with Gasteiger partial charge >= 0.3 is 0 Å². The van der Waals surface area contributed by atoms with Crippen molar-refractivity contribution in [3.8, 4) is 0 Å². The highest BCUT2D eigenvalue weighted by molar-refractivity contribution is 5.81. The first-order valence-corrected chi connectivity index (χ1v) is 13.3. The van der Waals surface area contributed by atoms with Crippen LogP contribution in [0.2, 0.25) is 0 Å². The smallest absolute Gasteiger partial charge is 0.136 e. The van der Waals surface area contributed by atoms with E-state index in [0.29, 0.717) is 17.6 Å². The molecule has 0 amide bonds. The van der Waals surface area contributed by atoms with Crippen molar-refractivity contribution in [2.75, 3.05) is 20.1 Å². The Morgan fingerprint density at radius 3 is 1.87 bits per heavy atom. The lowest BCUT2D eigenvalue weighted by Crippen LogP contribution is -2.34. The molecule has 3 nitrogen and oxygen atoms in total. The summed E-state index contributed by atoms with van der Waals surface area (Å²) >= 11 is 0. The molecule has 1 saturated heterocycles. The average Bonchev–Trinajstić information content (AvgIpc) is 2.75. The quantitative estimate of drug-likeness (QED) is 0.152. The van der Waals surface area contributed by atoms with Gasteiger partial charge in [0.05, 0.1) is 0 Å². The maximum Gasteiger partial charge on any atom is 0.136 e. The molecule has 0 aromatic rings. The highest BCUT2D eigenvalue weighted by Gasteiger charge is 2.25. The maximum absolute atomic E-state index is 12.9. The Labute approximate surface area is 187 Å². The van der Waals surface area contributed by atoms with Gasteiger partial charge in [-0.25, -0.2) is 0 Å². The van der Waals surface area contributed by atoms with Crippen LogP contribution in [0.5, 0.6) is 0 Å². The van der Waals surface area contributed by atoms with Crippen molar-refractivity contribution in [1.82, 2.24) is 4.90 Å². The molecule has 1 fully saturated rings. The molecule has 0 saturated carbocycles. The van der Waals surface area contributed by atoms with Crippen LogP contribution in [0.25, 0.3) is 0 Å². The van der Waals surface area contributed by atoms with E-state index in [0.717, 1.165) is 51.5 Å². The number of carbonyl (C=O) groups is 2. The fourth-order valence-electron chi connectivity index (χ4n) is 4.89. The molecule has 0 N–H and O–H groups in total. The van der Waals surface area contributed by atoms with Crippen molar-refractivity contribution < 1.29 is 9.59 Å². The van der Waals surface area contributed by atoms with Gasteiger partial charge in [-0.15, -0.1) is 0 Å². The van der Waals surface area contributed by atoms with Crippen molar-refractivity contribution in [2.24, 2.45) is 11.8 Å². The van der Waals surface area contributed by atoms with Gasteiger partial charge in [-0.1, -0.05) is 96.8 Å². The predicted octanol–water partition coefficient (Wildman–Crippen LogP) is 7.36. The number of Topliss-reactive ketones (excluding diaryl/α,β-unsaturated/α-hetero) is 1. The molecule has 1 unspecified atom stereocenters. The minimum Gasteiger partial charge on any atom is -0.306 e. The Morgan fingerprint density at radius 2 is 1.33 bits per heavy atom. The van der Waals surface area contributed by atoms with Crippen LogP contribution in [-0.2, 0) is 9.59 Å². The van der Waals surface area contributed by atoms with E-state index >= 15 is 0 Å². The van der Waals surface area contributed by atoms with E-state index in [1.807, 2.05) is 0 Å². The van der Waals surface area contributed by atoms with Gasteiger partial charge in [0.15, 0.2) is 0 Å². The number of rotatable bonds is 20. The van der Waals surface area contributed by atoms with Crippen molar-refractivity contribution in [2.45, 2.75) is 129 Å². The molecular weight excluding hydrogens is 370 g/mol. The average molecular weight is 422 g/mol. The number of hydrogen-bond acceptors (Lipinski definition) is 3. The zero-order valence-electron chi connectivity index (χ0n) is 20.3. The second kappa shape index (κ2) is 19.0. The van der Waals surface area contributed by atoms with Crippen molar-refractivity contribution in [1.29, 1.82) is 0 Å². The summed E-state index contributed by atoms with van der Waals surface area (Å²) in [6, 6.07) is 0. The number of aldehydes is 1. The summed E-state index contributed by atoms with van der Waals surface area (Å²) in [6.45, 7) is 4.45. The summed E-state index contributed by atoms with van der Waals surface area (Å²) in [4.78, 5) is 25.6. The van der Waals surface area contributed by atoms with E-state index in [-0.39, 0.29) is 0 Å². The molecule has 1 aliphatic heterocycles. The second-order valence-electron chi connectivity index (χ2n) is 9.89. The highest BCUT2D eigenvalue weighted by Crippen LogP contribution is 2.26. The molecule has 0 aliphatic carbocycles. The third kappa shape index (κ3) is 14.3. The minimum absolute atomic E-state index is 0.329. The number of likely N-dealkylation sites (tertiary alicyclic amines) is 1. The van der Waals surface area contributed by atoms with Gasteiger partial charge in [0.25, 0.3) is 0 Å². The summed E-state index contributed by atoms with van der Waals surface area (Å²) in [5.41, 5.74) is 0. The van der Waals surface area contributed by atoms with E-state index < -0.39 is 0 Å². The first-order chi connectivity index (χ1) is 14.7. The van der Waals surface area contributed by atoms with E-state index in [1.165, 1.54) is 89.9 Å². The molecule has 0 spiro atoms. The van der Waals surface area contributed by atoms with Gasteiger partial charge in [-0.2, -0.15) is 0 Å². The molecule has 0 aromatic carbocycles. The van der Waals surface area contributed by atoms with Gasteiger partial charge in [0.1, 0.15) is 12.1 Å². The van der Waals surface area contributed by atoms with E-state index in [2.05, 4.69) is 18.9 Å². The molecule has 1 atom stereocenters. The standard InChI is InChI=1S/C27H51NO2/c1-3-4-5-6-8-11-14-17-25(18-15-12-9-7-10-13-16-23-29)24-27(30)26-19-21-28(2)22-20-26/h23,25-26H,3-22,24H2,1-2H3. The van der Waals surface area contributed by atoms with Crippen molar-refractivity contribution in [3.63, 3.8) is 0 Å². The van der Waals surface area contributed by atoms with Crippen LogP contribution < -0.4 is 0 Å². The number of carbonyl (C=O) groups excluding carboxylic acids is 2. The van der Waals surface area contributed by atoms with Crippen LogP contribution in [-0.4, -0.2) is 37.1 Å². The van der Waals surface area contributed by atoms with Crippen molar-refractivity contribution >= 4 is 12.1 Å². The summed E-state index contributed by atoms with van der Waals surface area (Å²) in [7, 11) is 2.17. The lowest BCUT2D eigenvalue weighted by molar-refractivity contribution is -0.125. The lowest BCUT2D eigenvalue weighted by Gasteiger charge is -2.29. The van der Waals surface area contributed by atoms with Crippen LogP contribution in [0, 0.1) is 11.8 Å². The third-order valence-corrected chi connectivity index (χ3v) is 7.06. The monoisotopic (exact) mass is 421 g/mol. The number of hydrogen-bond donors (Lipinski definition) is 0. The van der Waals surface area contributed by atoms with E-state index in [4.69, 9.17) is 0 Å². The number of unbranched alkanes of at least 4 members (excludes halogenated alkanes) is 12. The van der Waals surface area contributed by atoms with Gasteiger partial charge in [0.2, 0.25) is 0 Å². The summed E-state index contributed by atoms with van der Waals surface area (Å²) in [5.74, 6) is 1.50. The van der Waals surface area contributed by atoms with Crippen LogP contribution >= 0.6 is 0 Å². The minimum atomic E-state index is 0.329. The third-order valence-electron chi connectivity index (χ3n) is 7.06. The Balaban J connectivity index is 2.27. The van der Waals surface area contributed by atoms with E-state index in [1.54, 1.807) is 0 Å². The predicted molar refractivity (Wildman–Crippen MR) is 129 cm³/mol. The molecule has 1 aliphatic rings. The Hall–Kier alpha value is -0.700. The van der Waals surface area contributed by atoms with Gasteiger partial charge in [-0.05, 0) is 45.3 Å². The highest BCUT2D eigenvalue weighted by atomic mass is 16.1. The Kier molecular flexibility index (Phi) is 17.3. The topological polar surface area (TPSA) is 37.4 Å². The van der Waals surface area contributed by atoms with Crippen LogP contribution in [0.15, 0.2) is 0 Å². The zero-order chi connectivity index (χ0) is 21.9. The molecule has 0 aromatic heterocycles. The molecule has 0 radical (unpaired) electrons.